The maximum absolute atomic E-state index is 13.7. The highest BCUT2D eigenvalue weighted by atomic mass is 19.1. The summed E-state index contributed by atoms with van der Waals surface area (Å²) in [6.07, 6.45) is 1.76. The van der Waals surface area contributed by atoms with E-state index in [0.717, 1.165) is 44.6 Å². The molecule has 0 bridgehead atoms. The highest BCUT2D eigenvalue weighted by molar-refractivity contribution is 5.12. The van der Waals surface area contributed by atoms with E-state index in [4.69, 9.17) is 0 Å². The lowest BCUT2D eigenvalue weighted by Crippen LogP contribution is -2.27. The molecule has 1 fully saturated rings. The first-order chi connectivity index (χ1) is 6.77. The normalized spacial score (nSPS) is 17.6. The van der Waals surface area contributed by atoms with Gasteiger partial charge in [-0.25, -0.2) is 4.39 Å². The average Bonchev–Trinajstić information content (AvgIpc) is 2.26. The lowest BCUT2D eigenvalue weighted by Gasteiger charge is -2.21. The molecule has 1 aliphatic heterocycles. The van der Waals surface area contributed by atoms with Crippen LogP contribution in [-0.4, -0.2) is 37.6 Å². The van der Waals surface area contributed by atoms with Crippen molar-refractivity contribution in [3.63, 3.8) is 0 Å². The van der Waals surface area contributed by atoms with E-state index in [0.29, 0.717) is 6.54 Å². The van der Waals surface area contributed by atoms with Gasteiger partial charge in [-0.15, -0.1) is 0 Å². The highest BCUT2D eigenvalue weighted by Crippen LogP contribution is 2.17. The SMILES string of the molecule is CCN(CC)CC(F)=C1CCNCC1. The van der Waals surface area contributed by atoms with Crippen LogP contribution in [0.3, 0.4) is 0 Å². The summed E-state index contributed by atoms with van der Waals surface area (Å²) in [5, 5.41) is 3.24. The Kier molecular flexibility index (Phi) is 5.12. The molecule has 0 saturated carbocycles. The van der Waals surface area contributed by atoms with Gasteiger partial charge in [0, 0.05) is 0 Å². The Morgan fingerprint density at radius 1 is 1.29 bits per heavy atom. The van der Waals surface area contributed by atoms with Crippen molar-refractivity contribution >= 4 is 0 Å². The summed E-state index contributed by atoms with van der Waals surface area (Å²) < 4.78 is 13.7. The molecule has 1 rings (SSSR count). The number of nitrogens with one attached hydrogen (secondary N) is 1. The average molecular weight is 200 g/mol. The van der Waals surface area contributed by atoms with Crippen LogP contribution in [0.1, 0.15) is 26.7 Å². The van der Waals surface area contributed by atoms with E-state index >= 15 is 0 Å². The molecule has 0 atom stereocenters. The molecule has 14 heavy (non-hydrogen) atoms. The molecular weight excluding hydrogens is 179 g/mol. The Bertz CT molecular complexity index is 189. The maximum Gasteiger partial charge on any atom is 0.113 e. The molecule has 0 aromatic rings. The van der Waals surface area contributed by atoms with Gasteiger partial charge in [0.15, 0.2) is 0 Å². The summed E-state index contributed by atoms with van der Waals surface area (Å²) in [6.45, 7) is 8.36. The van der Waals surface area contributed by atoms with Crippen LogP contribution >= 0.6 is 0 Å². The molecule has 0 aromatic heterocycles. The van der Waals surface area contributed by atoms with Crippen LogP contribution in [0.4, 0.5) is 4.39 Å². The Balaban J connectivity index is 2.48. The smallest absolute Gasteiger partial charge is 0.113 e. The minimum atomic E-state index is 0.107. The summed E-state index contributed by atoms with van der Waals surface area (Å²) in [5.74, 6) is 0.107. The van der Waals surface area contributed by atoms with Crippen molar-refractivity contribution < 1.29 is 4.39 Å². The van der Waals surface area contributed by atoms with E-state index in [1.54, 1.807) is 0 Å². The fourth-order valence-electron chi connectivity index (χ4n) is 1.76. The van der Waals surface area contributed by atoms with Crippen LogP contribution < -0.4 is 5.32 Å². The third-order valence-electron chi connectivity index (χ3n) is 2.85. The number of likely N-dealkylation sites (N-methyl/N-ethyl adjacent to an activating group) is 1. The Labute approximate surface area is 86.2 Å². The third-order valence-corrected chi connectivity index (χ3v) is 2.85. The van der Waals surface area contributed by atoms with Gasteiger partial charge >= 0.3 is 0 Å². The van der Waals surface area contributed by atoms with Crippen molar-refractivity contribution in [2.45, 2.75) is 26.7 Å². The standard InChI is InChI=1S/C11H21FN2/c1-3-14(4-2)9-11(12)10-5-7-13-8-6-10/h13H,3-9H2,1-2H3. The Morgan fingerprint density at radius 3 is 2.36 bits per heavy atom. The van der Waals surface area contributed by atoms with Crippen LogP contribution in [0.25, 0.3) is 0 Å². The summed E-state index contributed by atoms with van der Waals surface area (Å²) >= 11 is 0. The van der Waals surface area contributed by atoms with Gasteiger partial charge in [-0.05, 0) is 44.6 Å². The van der Waals surface area contributed by atoms with E-state index in [-0.39, 0.29) is 5.83 Å². The Hall–Kier alpha value is -0.410. The second-order valence-electron chi connectivity index (χ2n) is 3.72. The van der Waals surface area contributed by atoms with E-state index in [1.165, 1.54) is 0 Å². The van der Waals surface area contributed by atoms with Gasteiger partial charge < -0.3 is 5.32 Å². The number of piperidine rings is 1. The fourth-order valence-corrected chi connectivity index (χ4v) is 1.76. The molecule has 0 aliphatic carbocycles. The molecule has 2 nitrogen and oxygen atoms in total. The summed E-state index contributed by atoms with van der Waals surface area (Å²) in [5.41, 5.74) is 1.02. The molecule has 3 heteroatoms. The van der Waals surface area contributed by atoms with Crippen molar-refractivity contribution in [3.05, 3.63) is 11.4 Å². The molecule has 82 valence electrons. The predicted molar refractivity (Wildman–Crippen MR) is 58.0 cm³/mol. The van der Waals surface area contributed by atoms with E-state index in [1.807, 2.05) is 0 Å². The second-order valence-corrected chi connectivity index (χ2v) is 3.72. The number of hydrogen-bond donors (Lipinski definition) is 1. The first kappa shape index (κ1) is 11.7. The molecule has 1 aliphatic rings. The molecule has 1 saturated heterocycles. The quantitative estimate of drug-likeness (QED) is 0.746. The van der Waals surface area contributed by atoms with Gasteiger partial charge in [-0.2, -0.15) is 0 Å². The largest absolute Gasteiger partial charge is 0.316 e. The topological polar surface area (TPSA) is 15.3 Å². The van der Waals surface area contributed by atoms with Gasteiger partial charge in [0.1, 0.15) is 5.83 Å². The molecule has 0 spiro atoms. The zero-order chi connectivity index (χ0) is 10.4. The zero-order valence-electron chi connectivity index (χ0n) is 9.27. The van der Waals surface area contributed by atoms with Crippen molar-refractivity contribution in [2.24, 2.45) is 0 Å². The van der Waals surface area contributed by atoms with Crippen molar-refractivity contribution in [1.82, 2.24) is 10.2 Å². The van der Waals surface area contributed by atoms with Gasteiger partial charge in [0.2, 0.25) is 0 Å². The van der Waals surface area contributed by atoms with Gasteiger partial charge in [0.25, 0.3) is 0 Å². The zero-order valence-corrected chi connectivity index (χ0v) is 9.27. The molecule has 0 radical (unpaired) electrons. The molecule has 1 heterocycles. The van der Waals surface area contributed by atoms with E-state index in [2.05, 4.69) is 24.1 Å². The van der Waals surface area contributed by atoms with Crippen LogP contribution in [0, 0.1) is 0 Å². The van der Waals surface area contributed by atoms with Gasteiger partial charge in [0.05, 0.1) is 6.54 Å². The number of nitrogens with zero attached hydrogens (tertiary/aromatic N) is 1. The fraction of sp³-hybridized carbons (Fsp3) is 0.818. The maximum atomic E-state index is 13.7. The number of halogens is 1. The molecular formula is C11H21FN2. The predicted octanol–water partition coefficient (Wildman–Crippen LogP) is 1.94. The van der Waals surface area contributed by atoms with Gasteiger partial charge in [-0.3, -0.25) is 4.90 Å². The monoisotopic (exact) mass is 200 g/mol. The second kappa shape index (κ2) is 6.14. The molecule has 0 unspecified atom stereocenters. The molecule has 0 aromatic carbocycles. The molecule has 0 amide bonds. The number of rotatable bonds is 4. The van der Waals surface area contributed by atoms with E-state index in [9.17, 15) is 4.39 Å². The van der Waals surface area contributed by atoms with Crippen LogP contribution in [0.2, 0.25) is 0 Å². The van der Waals surface area contributed by atoms with Crippen LogP contribution in [0.5, 0.6) is 0 Å². The summed E-state index contributed by atoms with van der Waals surface area (Å²) in [6, 6.07) is 0. The summed E-state index contributed by atoms with van der Waals surface area (Å²) in [4.78, 5) is 2.12. The minimum Gasteiger partial charge on any atom is -0.316 e. The number of hydrogen-bond acceptors (Lipinski definition) is 2. The minimum absolute atomic E-state index is 0.107. The van der Waals surface area contributed by atoms with Crippen molar-refractivity contribution in [3.8, 4) is 0 Å². The third kappa shape index (κ3) is 3.39. The highest BCUT2D eigenvalue weighted by Gasteiger charge is 2.12. The first-order valence-corrected chi connectivity index (χ1v) is 5.57. The lowest BCUT2D eigenvalue weighted by atomic mass is 10.0. The van der Waals surface area contributed by atoms with Crippen LogP contribution in [0.15, 0.2) is 11.4 Å². The summed E-state index contributed by atoms with van der Waals surface area (Å²) in [7, 11) is 0. The van der Waals surface area contributed by atoms with Crippen molar-refractivity contribution in [1.29, 1.82) is 0 Å². The molecule has 1 N–H and O–H groups in total. The van der Waals surface area contributed by atoms with Crippen LogP contribution in [-0.2, 0) is 0 Å². The van der Waals surface area contributed by atoms with Gasteiger partial charge in [-0.1, -0.05) is 13.8 Å². The lowest BCUT2D eigenvalue weighted by molar-refractivity contribution is 0.302. The van der Waals surface area contributed by atoms with Crippen molar-refractivity contribution in [2.75, 3.05) is 32.7 Å². The van der Waals surface area contributed by atoms with E-state index < -0.39 is 0 Å². The first-order valence-electron chi connectivity index (χ1n) is 5.57. The Morgan fingerprint density at radius 2 is 1.86 bits per heavy atom.